The van der Waals surface area contributed by atoms with Crippen LogP contribution in [0.5, 0.6) is 0 Å². The summed E-state index contributed by atoms with van der Waals surface area (Å²) in [5, 5.41) is 14.0. The highest BCUT2D eigenvalue weighted by molar-refractivity contribution is 5.94. The normalized spacial score (nSPS) is 12.1. The number of aromatic nitrogens is 2. The van der Waals surface area contributed by atoms with Crippen molar-refractivity contribution in [2.45, 2.75) is 13.0 Å². The Morgan fingerprint density at radius 1 is 1.08 bits per heavy atom. The molecular formula is C13H8F5N3O3. The van der Waals surface area contributed by atoms with Crippen LogP contribution in [0.3, 0.4) is 0 Å². The summed E-state index contributed by atoms with van der Waals surface area (Å²) in [6.07, 6.45) is 1.06. The molecule has 1 amide bonds. The molecule has 0 saturated carbocycles. The Balaban J connectivity index is 2.37. The minimum absolute atomic E-state index is 0.407. The first-order valence-electron chi connectivity index (χ1n) is 6.25. The monoisotopic (exact) mass is 349 g/mol. The molecule has 2 aromatic rings. The molecule has 1 aromatic heterocycles. The molecule has 1 unspecified atom stereocenters. The first-order chi connectivity index (χ1) is 11.2. The summed E-state index contributed by atoms with van der Waals surface area (Å²) in [7, 11) is 0. The van der Waals surface area contributed by atoms with E-state index >= 15 is 0 Å². The van der Waals surface area contributed by atoms with E-state index in [0.717, 1.165) is 19.2 Å². The van der Waals surface area contributed by atoms with Crippen LogP contribution >= 0.6 is 0 Å². The third-order valence-corrected chi connectivity index (χ3v) is 3.09. The number of halogens is 5. The lowest BCUT2D eigenvalue weighted by atomic mass is 10.2. The second-order valence-electron chi connectivity index (χ2n) is 4.58. The molecular weight excluding hydrogens is 341 g/mol. The van der Waals surface area contributed by atoms with Crippen molar-refractivity contribution in [1.82, 2.24) is 9.78 Å². The molecule has 0 aliphatic heterocycles. The van der Waals surface area contributed by atoms with Crippen molar-refractivity contribution < 1.29 is 36.6 Å². The van der Waals surface area contributed by atoms with Gasteiger partial charge in [0.15, 0.2) is 23.3 Å². The summed E-state index contributed by atoms with van der Waals surface area (Å²) in [6, 6.07) is -0.342. The highest BCUT2D eigenvalue weighted by atomic mass is 19.2. The van der Waals surface area contributed by atoms with Crippen LogP contribution in [0.1, 0.15) is 23.5 Å². The van der Waals surface area contributed by atoms with Gasteiger partial charge in [-0.15, -0.1) is 0 Å². The number of benzene rings is 1. The van der Waals surface area contributed by atoms with E-state index in [4.69, 9.17) is 5.11 Å². The lowest BCUT2D eigenvalue weighted by Crippen LogP contribution is -2.28. The Bertz CT molecular complexity index is 807. The minimum Gasteiger partial charge on any atom is -0.477 e. The lowest BCUT2D eigenvalue weighted by molar-refractivity contribution is -0.119. The van der Waals surface area contributed by atoms with Crippen molar-refractivity contribution in [1.29, 1.82) is 0 Å². The Hall–Kier alpha value is -2.98. The van der Waals surface area contributed by atoms with Crippen LogP contribution in [-0.4, -0.2) is 26.8 Å². The molecule has 128 valence electrons. The fraction of sp³-hybridized carbons (Fsp3) is 0.154. The smallest absolute Gasteiger partial charge is 0.354 e. The number of nitrogens with one attached hydrogen (secondary N) is 1. The minimum atomic E-state index is -2.36. The fourth-order valence-corrected chi connectivity index (χ4v) is 1.85. The van der Waals surface area contributed by atoms with Crippen molar-refractivity contribution >= 4 is 17.6 Å². The summed E-state index contributed by atoms with van der Waals surface area (Å²) in [5.74, 6) is -13.9. The Morgan fingerprint density at radius 3 is 2.08 bits per heavy atom. The Kier molecular flexibility index (Phi) is 4.53. The van der Waals surface area contributed by atoms with E-state index in [1.807, 2.05) is 0 Å². The zero-order valence-corrected chi connectivity index (χ0v) is 11.8. The molecule has 2 N–H and O–H groups in total. The van der Waals surface area contributed by atoms with Gasteiger partial charge in [0.2, 0.25) is 11.7 Å². The number of carboxylic acid groups (broad SMARTS) is 1. The topological polar surface area (TPSA) is 84.2 Å². The van der Waals surface area contributed by atoms with Gasteiger partial charge < -0.3 is 10.4 Å². The predicted molar refractivity (Wildman–Crippen MR) is 68.8 cm³/mol. The SMILES string of the molecule is CC(C(=O)Nc1c(F)c(F)c(F)c(F)c1F)n1nccc1C(=O)O. The van der Waals surface area contributed by atoms with Crippen LogP contribution in [0.4, 0.5) is 27.6 Å². The van der Waals surface area contributed by atoms with E-state index in [-0.39, 0.29) is 0 Å². The van der Waals surface area contributed by atoms with Gasteiger partial charge in [0.1, 0.15) is 17.4 Å². The molecule has 0 aliphatic carbocycles. The molecule has 6 nitrogen and oxygen atoms in total. The molecule has 2 rings (SSSR count). The van der Waals surface area contributed by atoms with Crippen molar-refractivity contribution in [2.24, 2.45) is 0 Å². The van der Waals surface area contributed by atoms with Crippen LogP contribution in [0.2, 0.25) is 0 Å². The first kappa shape index (κ1) is 17.4. The van der Waals surface area contributed by atoms with Crippen molar-refractivity contribution in [3.63, 3.8) is 0 Å². The quantitative estimate of drug-likeness (QED) is 0.505. The summed E-state index contributed by atoms with van der Waals surface area (Å²) in [6.45, 7) is 1.13. The van der Waals surface area contributed by atoms with Crippen molar-refractivity contribution in [2.75, 3.05) is 5.32 Å². The van der Waals surface area contributed by atoms with Crippen molar-refractivity contribution in [3.8, 4) is 0 Å². The second-order valence-corrected chi connectivity index (χ2v) is 4.58. The molecule has 1 atom stereocenters. The number of carboxylic acids is 1. The number of hydrogen-bond donors (Lipinski definition) is 2. The van der Waals surface area contributed by atoms with Crippen LogP contribution < -0.4 is 5.32 Å². The summed E-state index contributed by atoms with van der Waals surface area (Å²) < 4.78 is 66.9. The second kappa shape index (κ2) is 6.26. The summed E-state index contributed by atoms with van der Waals surface area (Å²) >= 11 is 0. The maximum Gasteiger partial charge on any atom is 0.354 e. The molecule has 1 heterocycles. The number of amides is 1. The maximum absolute atomic E-state index is 13.5. The number of anilines is 1. The molecule has 0 spiro atoms. The summed E-state index contributed by atoms with van der Waals surface area (Å²) in [5.41, 5.74) is -1.94. The number of carbonyl (C=O) groups is 2. The third-order valence-electron chi connectivity index (χ3n) is 3.09. The van der Waals surface area contributed by atoms with Crippen LogP contribution in [0.15, 0.2) is 12.3 Å². The van der Waals surface area contributed by atoms with Gasteiger partial charge in [0, 0.05) is 6.20 Å². The van der Waals surface area contributed by atoms with E-state index in [1.54, 1.807) is 5.32 Å². The van der Waals surface area contributed by atoms with Crippen molar-refractivity contribution in [3.05, 3.63) is 47.0 Å². The van der Waals surface area contributed by atoms with Gasteiger partial charge in [0.25, 0.3) is 0 Å². The first-order valence-corrected chi connectivity index (χ1v) is 6.25. The predicted octanol–water partition coefficient (Wildman–Crippen LogP) is 2.48. The van der Waals surface area contributed by atoms with Gasteiger partial charge in [-0.2, -0.15) is 5.10 Å². The van der Waals surface area contributed by atoms with Gasteiger partial charge in [-0.3, -0.25) is 4.79 Å². The highest BCUT2D eigenvalue weighted by Gasteiger charge is 2.29. The van der Waals surface area contributed by atoms with E-state index < -0.39 is 58.4 Å². The molecule has 0 aliphatic rings. The van der Waals surface area contributed by atoms with Crippen LogP contribution in [0.25, 0.3) is 0 Å². The average Bonchev–Trinajstić information content (AvgIpc) is 3.04. The Morgan fingerprint density at radius 2 is 1.58 bits per heavy atom. The number of hydrogen-bond acceptors (Lipinski definition) is 3. The molecule has 0 saturated heterocycles. The molecule has 0 radical (unpaired) electrons. The molecule has 1 aromatic carbocycles. The summed E-state index contributed by atoms with van der Waals surface area (Å²) in [4.78, 5) is 22.9. The molecule has 11 heteroatoms. The molecule has 24 heavy (non-hydrogen) atoms. The zero-order valence-electron chi connectivity index (χ0n) is 11.8. The zero-order chi connectivity index (χ0) is 18.2. The van der Waals surface area contributed by atoms with Gasteiger partial charge in [0.05, 0.1) is 0 Å². The van der Waals surface area contributed by atoms with E-state index in [9.17, 15) is 31.5 Å². The molecule has 0 fully saturated rings. The standard InChI is InChI=1S/C13H8F5N3O3/c1-4(21-5(13(23)24)2-3-19-21)12(22)20-11-9(17)7(15)6(14)8(16)10(11)18/h2-4H,1H3,(H,20,22)(H,23,24). The van der Waals surface area contributed by atoms with Gasteiger partial charge in [-0.05, 0) is 13.0 Å². The number of aromatic carboxylic acids is 1. The molecule has 0 bridgehead atoms. The third kappa shape index (κ3) is 2.79. The van der Waals surface area contributed by atoms with Gasteiger partial charge in [-0.1, -0.05) is 0 Å². The maximum atomic E-state index is 13.5. The largest absolute Gasteiger partial charge is 0.477 e. The van der Waals surface area contributed by atoms with E-state index in [1.165, 1.54) is 0 Å². The van der Waals surface area contributed by atoms with Crippen LogP contribution in [0, 0.1) is 29.1 Å². The number of rotatable bonds is 4. The van der Waals surface area contributed by atoms with E-state index in [0.29, 0.717) is 4.68 Å². The van der Waals surface area contributed by atoms with Gasteiger partial charge >= 0.3 is 5.97 Å². The fourth-order valence-electron chi connectivity index (χ4n) is 1.85. The number of nitrogens with zero attached hydrogens (tertiary/aromatic N) is 2. The highest BCUT2D eigenvalue weighted by Crippen LogP contribution is 2.27. The average molecular weight is 349 g/mol. The number of carbonyl (C=O) groups excluding carboxylic acids is 1. The van der Waals surface area contributed by atoms with Gasteiger partial charge in [-0.25, -0.2) is 31.4 Å². The van der Waals surface area contributed by atoms with Crippen LogP contribution in [-0.2, 0) is 4.79 Å². The van der Waals surface area contributed by atoms with E-state index in [2.05, 4.69) is 5.10 Å². The Labute approximate surface area is 130 Å². The lowest BCUT2D eigenvalue weighted by Gasteiger charge is -2.15.